The average Bonchev–Trinajstić information content (AvgIpc) is 2.25. The quantitative estimate of drug-likeness (QED) is 0.445. The summed E-state index contributed by atoms with van der Waals surface area (Å²) in [5, 5.41) is 3.30. The summed E-state index contributed by atoms with van der Waals surface area (Å²) in [6, 6.07) is 0. The van der Waals surface area contributed by atoms with Crippen molar-refractivity contribution in [3.8, 4) is 0 Å². The highest BCUT2D eigenvalue weighted by Gasteiger charge is 1.94. The lowest BCUT2D eigenvalue weighted by molar-refractivity contribution is 0.186. The van der Waals surface area contributed by atoms with Gasteiger partial charge >= 0.3 is 0 Å². The fraction of sp³-hybridized carbons (Fsp3) is 0.833. The molecule has 0 fully saturated rings. The zero-order chi connectivity index (χ0) is 11.4. The van der Waals surface area contributed by atoms with Gasteiger partial charge in [-0.3, -0.25) is 0 Å². The lowest BCUT2D eigenvalue weighted by Crippen LogP contribution is -2.19. The van der Waals surface area contributed by atoms with Gasteiger partial charge in [0.2, 0.25) is 0 Å². The van der Waals surface area contributed by atoms with E-state index in [1.165, 1.54) is 0 Å². The molecule has 0 rings (SSSR count). The number of allylic oxidation sites excluding steroid dienone is 1. The van der Waals surface area contributed by atoms with E-state index in [0.29, 0.717) is 5.92 Å². The Hall–Kier alpha value is -0.380. The first-order valence-electron chi connectivity index (χ1n) is 5.66. The molecule has 1 N–H and O–H groups in total. The van der Waals surface area contributed by atoms with Gasteiger partial charge in [0, 0.05) is 27.4 Å². The van der Waals surface area contributed by atoms with Crippen LogP contribution in [0.2, 0.25) is 0 Å². The second kappa shape index (κ2) is 11.7. The first-order valence-corrected chi connectivity index (χ1v) is 5.66. The molecule has 3 heteroatoms. The van der Waals surface area contributed by atoms with E-state index in [9.17, 15) is 0 Å². The number of hydrogen-bond donors (Lipinski definition) is 1. The van der Waals surface area contributed by atoms with E-state index in [1.54, 1.807) is 14.2 Å². The Bertz CT molecular complexity index is 149. The molecule has 0 saturated carbocycles. The van der Waals surface area contributed by atoms with Crippen LogP contribution in [-0.2, 0) is 9.47 Å². The van der Waals surface area contributed by atoms with Crippen LogP contribution in [0.25, 0.3) is 0 Å². The van der Waals surface area contributed by atoms with Crippen molar-refractivity contribution in [2.45, 2.75) is 19.8 Å². The van der Waals surface area contributed by atoms with Crippen LogP contribution in [0.15, 0.2) is 12.2 Å². The predicted octanol–water partition coefficient (Wildman–Crippen LogP) is 1.84. The summed E-state index contributed by atoms with van der Waals surface area (Å²) in [4.78, 5) is 0. The number of methoxy groups -OCH3 is 2. The maximum Gasteiger partial charge on any atom is 0.0587 e. The van der Waals surface area contributed by atoms with Gasteiger partial charge in [0.05, 0.1) is 6.61 Å². The summed E-state index contributed by atoms with van der Waals surface area (Å²) in [5.74, 6) is 0.615. The van der Waals surface area contributed by atoms with Gasteiger partial charge in [0.15, 0.2) is 0 Å². The fourth-order valence-electron chi connectivity index (χ4n) is 1.21. The van der Waals surface area contributed by atoms with Gasteiger partial charge in [-0.05, 0) is 25.3 Å². The van der Waals surface area contributed by atoms with E-state index in [0.717, 1.165) is 39.1 Å². The average molecular weight is 215 g/mol. The highest BCUT2D eigenvalue weighted by molar-refractivity contribution is 4.86. The number of nitrogens with one attached hydrogen (secondary N) is 1. The van der Waals surface area contributed by atoms with E-state index in [1.807, 2.05) is 0 Å². The summed E-state index contributed by atoms with van der Waals surface area (Å²) in [6.45, 7) is 5.81. The molecule has 1 unspecified atom stereocenters. The molecule has 90 valence electrons. The normalized spacial score (nSPS) is 13.5. The van der Waals surface area contributed by atoms with Crippen LogP contribution in [0, 0.1) is 5.92 Å². The molecule has 0 aromatic carbocycles. The Morgan fingerprint density at radius 2 is 1.87 bits per heavy atom. The van der Waals surface area contributed by atoms with Crippen molar-refractivity contribution in [1.29, 1.82) is 0 Å². The molecule has 0 amide bonds. The second-order valence-electron chi connectivity index (χ2n) is 3.72. The topological polar surface area (TPSA) is 30.5 Å². The molecule has 0 aliphatic heterocycles. The highest BCUT2D eigenvalue weighted by atomic mass is 16.5. The van der Waals surface area contributed by atoms with Crippen molar-refractivity contribution in [3.05, 3.63) is 12.2 Å². The van der Waals surface area contributed by atoms with Crippen molar-refractivity contribution in [3.63, 3.8) is 0 Å². The third-order valence-electron chi connectivity index (χ3n) is 2.21. The van der Waals surface area contributed by atoms with E-state index in [4.69, 9.17) is 9.47 Å². The van der Waals surface area contributed by atoms with E-state index in [-0.39, 0.29) is 0 Å². The molecule has 1 atom stereocenters. The van der Waals surface area contributed by atoms with Gasteiger partial charge in [0.25, 0.3) is 0 Å². The van der Waals surface area contributed by atoms with Crippen LogP contribution in [0.1, 0.15) is 19.8 Å². The first-order chi connectivity index (χ1) is 7.31. The highest BCUT2D eigenvalue weighted by Crippen LogP contribution is 2.03. The second-order valence-corrected chi connectivity index (χ2v) is 3.72. The Morgan fingerprint density at radius 1 is 1.13 bits per heavy atom. The Morgan fingerprint density at radius 3 is 2.53 bits per heavy atom. The molecule has 15 heavy (non-hydrogen) atoms. The molecule has 0 bridgehead atoms. The van der Waals surface area contributed by atoms with Crippen molar-refractivity contribution < 1.29 is 9.47 Å². The molecular formula is C12H25NO2. The van der Waals surface area contributed by atoms with Crippen molar-refractivity contribution >= 4 is 0 Å². The molecule has 0 radical (unpaired) electrons. The first kappa shape index (κ1) is 14.6. The van der Waals surface area contributed by atoms with Gasteiger partial charge in [0.1, 0.15) is 0 Å². The predicted molar refractivity (Wildman–Crippen MR) is 64.2 cm³/mol. The Labute approximate surface area is 93.8 Å². The van der Waals surface area contributed by atoms with Crippen molar-refractivity contribution in [2.75, 3.05) is 40.5 Å². The molecule has 0 spiro atoms. The summed E-state index contributed by atoms with van der Waals surface area (Å²) in [7, 11) is 3.47. The van der Waals surface area contributed by atoms with Crippen LogP contribution < -0.4 is 5.32 Å². The minimum Gasteiger partial charge on any atom is -0.385 e. The standard InChI is InChI=1S/C12H25NO2/c1-12(7-10-14-2)6-4-5-8-13-9-11-15-3/h4,6,12-13H,5,7-11H2,1-3H3/b6-4+. The van der Waals surface area contributed by atoms with Gasteiger partial charge in [-0.25, -0.2) is 0 Å². The van der Waals surface area contributed by atoms with E-state index >= 15 is 0 Å². The molecule has 0 heterocycles. The minimum atomic E-state index is 0.615. The van der Waals surface area contributed by atoms with Crippen LogP contribution in [-0.4, -0.2) is 40.5 Å². The Balaban J connectivity index is 3.21. The van der Waals surface area contributed by atoms with E-state index < -0.39 is 0 Å². The summed E-state index contributed by atoms with van der Waals surface area (Å²) < 4.78 is 9.96. The molecule has 3 nitrogen and oxygen atoms in total. The maximum atomic E-state index is 5.02. The number of rotatable bonds is 10. The third-order valence-corrected chi connectivity index (χ3v) is 2.21. The molecule has 0 aromatic rings. The summed E-state index contributed by atoms with van der Waals surface area (Å²) in [5.41, 5.74) is 0. The third kappa shape index (κ3) is 11.5. The van der Waals surface area contributed by atoms with Crippen LogP contribution in [0.5, 0.6) is 0 Å². The lowest BCUT2D eigenvalue weighted by Gasteiger charge is -2.04. The molecule has 0 aromatic heterocycles. The number of hydrogen-bond acceptors (Lipinski definition) is 3. The molecule has 0 aliphatic rings. The SMILES string of the molecule is COCCNCC/C=C/C(C)CCOC. The van der Waals surface area contributed by atoms with Gasteiger partial charge in [-0.1, -0.05) is 19.1 Å². The zero-order valence-corrected chi connectivity index (χ0v) is 10.3. The van der Waals surface area contributed by atoms with Crippen LogP contribution >= 0.6 is 0 Å². The smallest absolute Gasteiger partial charge is 0.0587 e. The Kier molecular flexibility index (Phi) is 11.4. The fourth-order valence-corrected chi connectivity index (χ4v) is 1.21. The zero-order valence-electron chi connectivity index (χ0n) is 10.3. The molecular weight excluding hydrogens is 190 g/mol. The molecule has 0 aliphatic carbocycles. The van der Waals surface area contributed by atoms with Crippen LogP contribution in [0.3, 0.4) is 0 Å². The van der Waals surface area contributed by atoms with Crippen LogP contribution in [0.4, 0.5) is 0 Å². The maximum absolute atomic E-state index is 5.02. The minimum absolute atomic E-state index is 0.615. The van der Waals surface area contributed by atoms with Crippen molar-refractivity contribution in [1.82, 2.24) is 5.32 Å². The van der Waals surface area contributed by atoms with Gasteiger partial charge < -0.3 is 14.8 Å². The lowest BCUT2D eigenvalue weighted by atomic mass is 10.1. The molecule has 0 saturated heterocycles. The summed E-state index contributed by atoms with van der Waals surface area (Å²) >= 11 is 0. The summed E-state index contributed by atoms with van der Waals surface area (Å²) in [6.07, 6.45) is 6.68. The monoisotopic (exact) mass is 215 g/mol. The largest absolute Gasteiger partial charge is 0.385 e. The van der Waals surface area contributed by atoms with E-state index in [2.05, 4.69) is 24.4 Å². The van der Waals surface area contributed by atoms with Crippen molar-refractivity contribution in [2.24, 2.45) is 5.92 Å². The number of ether oxygens (including phenoxy) is 2. The van der Waals surface area contributed by atoms with Gasteiger partial charge in [-0.2, -0.15) is 0 Å². The van der Waals surface area contributed by atoms with Gasteiger partial charge in [-0.15, -0.1) is 0 Å².